The highest BCUT2D eigenvalue weighted by Gasteiger charge is 2.32. The second-order valence-corrected chi connectivity index (χ2v) is 13.3. The Morgan fingerprint density at radius 3 is 2.06 bits per heavy atom. The lowest BCUT2D eigenvalue weighted by atomic mass is 10.0. The molecule has 0 radical (unpaired) electrons. The molecule has 9 nitrogen and oxygen atoms in total. The van der Waals surface area contributed by atoms with Crippen LogP contribution in [0.5, 0.6) is 11.5 Å². The molecule has 0 saturated carbocycles. The summed E-state index contributed by atoms with van der Waals surface area (Å²) >= 11 is 6.12. The van der Waals surface area contributed by atoms with Crippen molar-refractivity contribution >= 4 is 39.1 Å². The fourth-order valence-corrected chi connectivity index (χ4v) is 6.30. The predicted molar refractivity (Wildman–Crippen MR) is 190 cm³/mol. The first kappa shape index (κ1) is 35.9. The zero-order valence-electron chi connectivity index (χ0n) is 27.1. The molecule has 1 unspecified atom stereocenters. The quantitative estimate of drug-likeness (QED) is 0.123. The molecular weight excluding hydrogens is 681 g/mol. The van der Waals surface area contributed by atoms with E-state index >= 15 is 0 Å². The van der Waals surface area contributed by atoms with Crippen LogP contribution in [0.2, 0.25) is 5.02 Å². The number of carbonyl (C=O) groups excluding carboxylic acids is 2. The number of hydrogen-bond acceptors (Lipinski definition) is 6. The minimum atomic E-state index is -3.97. The van der Waals surface area contributed by atoms with E-state index in [-0.39, 0.29) is 28.8 Å². The molecule has 5 aromatic carbocycles. The van der Waals surface area contributed by atoms with Crippen LogP contribution in [0.25, 0.3) is 0 Å². The van der Waals surface area contributed by atoms with Gasteiger partial charge in [-0.25, -0.2) is 12.8 Å². The van der Waals surface area contributed by atoms with Crippen molar-refractivity contribution in [3.63, 3.8) is 0 Å². The number of nitrogens with one attached hydrogen (secondary N) is 2. The molecule has 0 saturated heterocycles. The minimum Gasteiger partial charge on any atom is -0.497 e. The van der Waals surface area contributed by atoms with Crippen LogP contribution >= 0.6 is 11.6 Å². The van der Waals surface area contributed by atoms with E-state index in [1.54, 1.807) is 55.6 Å². The summed E-state index contributed by atoms with van der Waals surface area (Å²) in [6.07, 6.45) is 0.566. The molecular formula is C38H35ClFN3O6S. The van der Waals surface area contributed by atoms with E-state index in [0.29, 0.717) is 23.6 Å². The number of sulfonamides is 1. The lowest BCUT2D eigenvalue weighted by Crippen LogP contribution is -2.45. The maximum atomic E-state index is 14.0. The number of carbonyl (C=O) groups is 2. The Balaban J connectivity index is 1.33. The minimum absolute atomic E-state index is 0.0553. The fraction of sp³-hybridized carbons (Fsp3) is 0.158. The van der Waals surface area contributed by atoms with Gasteiger partial charge in [0.15, 0.2) is 6.61 Å². The van der Waals surface area contributed by atoms with Gasteiger partial charge in [-0.3, -0.25) is 14.3 Å². The molecule has 5 aromatic rings. The van der Waals surface area contributed by atoms with E-state index in [1.165, 1.54) is 41.3 Å². The van der Waals surface area contributed by atoms with Gasteiger partial charge in [0.05, 0.1) is 12.0 Å². The van der Waals surface area contributed by atoms with E-state index in [0.717, 1.165) is 29.0 Å². The molecule has 1 atom stereocenters. The van der Waals surface area contributed by atoms with Gasteiger partial charge in [0, 0.05) is 23.8 Å². The van der Waals surface area contributed by atoms with Gasteiger partial charge in [-0.2, -0.15) is 0 Å². The number of amides is 2. The highest BCUT2D eigenvalue weighted by Crippen LogP contribution is 2.26. The van der Waals surface area contributed by atoms with E-state index < -0.39 is 34.4 Å². The van der Waals surface area contributed by atoms with Crippen LogP contribution in [0.15, 0.2) is 132 Å². The molecule has 5 rings (SSSR count). The SMILES string of the molecule is COc1ccc(CCNC(=O)C(c2ccccc2)N(Cc2ccc(Cl)cc2)C(=O)COc2ccc(S(=O)(=O)Nc3ccc(F)cc3)cc2)cc1. The van der Waals surface area contributed by atoms with E-state index in [1.807, 2.05) is 30.3 Å². The number of benzene rings is 5. The van der Waals surface area contributed by atoms with Crippen LogP contribution in [0.4, 0.5) is 10.1 Å². The van der Waals surface area contributed by atoms with Gasteiger partial charge in [-0.1, -0.05) is 66.2 Å². The van der Waals surface area contributed by atoms with Crippen LogP contribution < -0.4 is 19.5 Å². The molecule has 0 aliphatic carbocycles. The number of rotatable bonds is 15. The third-order valence-electron chi connectivity index (χ3n) is 7.73. The Labute approximate surface area is 295 Å². The van der Waals surface area contributed by atoms with Gasteiger partial charge in [-0.15, -0.1) is 0 Å². The average molecular weight is 716 g/mol. The highest BCUT2D eigenvalue weighted by atomic mass is 35.5. The first-order valence-electron chi connectivity index (χ1n) is 15.6. The highest BCUT2D eigenvalue weighted by molar-refractivity contribution is 7.92. The van der Waals surface area contributed by atoms with Gasteiger partial charge in [0.2, 0.25) is 5.91 Å². The summed E-state index contributed by atoms with van der Waals surface area (Å²) in [6.45, 7) is -0.0215. The Morgan fingerprint density at radius 2 is 1.42 bits per heavy atom. The zero-order chi connectivity index (χ0) is 35.5. The number of hydrogen-bond donors (Lipinski definition) is 2. The monoisotopic (exact) mass is 715 g/mol. The lowest BCUT2D eigenvalue weighted by molar-refractivity contribution is -0.143. The van der Waals surface area contributed by atoms with Gasteiger partial charge < -0.3 is 19.7 Å². The Kier molecular flexibility index (Phi) is 12.1. The molecule has 258 valence electrons. The van der Waals surface area contributed by atoms with Crippen molar-refractivity contribution in [2.75, 3.05) is 25.0 Å². The van der Waals surface area contributed by atoms with Crippen LogP contribution in [0.3, 0.4) is 0 Å². The number of methoxy groups -OCH3 is 1. The Hall–Kier alpha value is -5.39. The standard InChI is InChI=1S/C38H35ClFN3O6S/c1-48-33-17-9-27(10-18-33)23-24-41-38(45)37(29-5-3-2-4-6-29)43(25-28-7-11-30(39)12-8-28)36(44)26-49-34-19-21-35(22-20-34)50(46,47)42-32-15-13-31(40)14-16-32/h2-22,37,42H,23-26H2,1H3,(H,41,45). The van der Waals surface area contributed by atoms with Gasteiger partial charge in [-0.05, 0) is 95.9 Å². The molecule has 0 aromatic heterocycles. The third kappa shape index (κ3) is 9.83. The molecule has 0 spiro atoms. The molecule has 0 aliphatic heterocycles. The summed E-state index contributed by atoms with van der Waals surface area (Å²) < 4.78 is 52.4. The van der Waals surface area contributed by atoms with Crippen molar-refractivity contribution in [2.24, 2.45) is 0 Å². The van der Waals surface area contributed by atoms with Crippen molar-refractivity contribution in [3.8, 4) is 11.5 Å². The maximum absolute atomic E-state index is 14.0. The van der Waals surface area contributed by atoms with E-state index in [4.69, 9.17) is 21.1 Å². The lowest BCUT2D eigenvalue weighted by Gasteiger charge is -2.31. The molecule has 2 amide bonds. The van der Waals surface area contributed by atoms with Gasteiger partial charge in [0.25, 0.3) is 15.9 Å². The molecule has 0 fully saturated rings. The van der Waals surface area contributed by atoms with Crippen LogP contribution in [0.1, 0.15) is 22.7 Å². The van der Waals surface area contributed by atoms with Crippen molar-refractivity contribution in [3.05, 3.63) is 155 Å². The molecule has 0 heterocycles. The van der Waals surface area contributed by atoms with E-state index in [2.05, 4.69) is 10.0 Å². The number of nitrogens with zero attached hydrogens (tertiary/aromatic N) is 1. The van der Waals surface area contributed by atoms with Crippen LogP contribution in [0, 0.1) is 5.82 Å². The Morgan fingerprint density at radius 1 is 0.800 bits per heavy atom. The molecule has 50 heavy (non-hydrogen) atoms. The number of halogens is 2. The fourth-order valence-electron chi connectivity index (χ4n) is 5.11. The summed E-state index contributed by atoms with van der Waals surface area (Å²) in [6, 6.07) is 33.0. The van der Waals surface area contributed by atoms with Gasteiger partial charge in [0.1, 0.15) is 23.4 Å². The summed E-state index contributed by atoms with van der Waals surface area (Å²) in [5.41, 5.74) is 2.57. The second-order valence-electron chi connectivity index (χ2n) is 11.2. The maximum Gasteiger partial charge on any atom is 0.261 e. The topological polar surface area (TPSA) is 114 Å². The molecule has 0 aliphatic rings. The predicted octanol–water partition coefficient (Wildman–Crippen LogP) is 6.80. The third-order valence-corrected chi connectivity index (χ3v) is 9.38. The summed E-state index contributed by atoms with van der Waals surface area (Å²) in [4.78, 5) is 29.3. The molecule has 12 heteroatoms. The van der Waals surface area contributed by atoms with Crippen LogP contribution in [-0.4, -0.2) is 45.4 Å². The van der Waals surface area contributed by atoms with Crippen molar-refractivity contribution < 1.29 is 31.9 Å². The summed E-state index contributed by atoms with van der Waals surface area (Å²) in [5.74, 6) is -0.355. The second kappa shape index (κ2) is 16.8. The van der Waals surface area contributed by atoms with Gasteiger partial charge >= 0.3 is 0 Å². The van der Waals surface area contributed by atoms with Crippen molar-refractivity contribution in [2.45, 2.75) is 23.9 Å². The zero-order valence-corrected chi connectivity index (χ0v) is 28.7. The summed E-state index contributed by atoms with van der Waals surface area (Å²) in [5, 5.41) is 3.53. The largest absolute Gasteiger partial charge is 0.497 e. The molecule has 0 bridgehead atoms. The Bertz CT molecular complexity index is 1980. The van der Waals surface area contributed by atoms with E-state index in [9.17, 15) is 22.4 Å². The smallest absolute Gasteiger partial charge is 0.261 e. The number of anilines is 1. The van der Waals surface area contributed by atoms with Crippen molar-refractivity contribution in [1.29, 1.82) is 0 Å². The molecule has 2 N–H and O–H groups in total. The first-order valence-corrected chi connectivity index (χ1v) is 17.5. The first-order chi connectivity index (χ1) is 24.1. The average Bonchev–Trinajstić information content (AvgIpc) is 3.13. The van der Waals surface area contributed by atoms with Crippen molar-refractivity contribution in [1.82, 2.24) is 10.2 Å². The number of ether oxygens (including phenoxy) is 2. The normalized spacial score (nSPS) is 11.7. The summed E-state index contributed by atoms with van der Waals surface area (Å²) in [7, 11) is -2.37. The van der Waals surface area contributed by atoms with Crippen LogP contribution in [-0.2, 0) is 32.6 Å².